The first-order chi connectivity index (χ1) is 6.34. The molecule has 0 fully saturated rings. The highest BCUT2D eigenvalue weighted by atomic mass is 16.5. The summed E-state index contributed by atoms with van der Waals surface area (Å²) in [6.07, 6.45) is 2.07. The van der Waals surface area contributed by atoms with Crippen LogP contribution in [0.1, 0.15) is 18.4 Å². The highest BCUT2D eigenvalue weighted by Crippen LogP contribution is 2.16. The molecule has 0 saturated carbocycles. The third-order valence-electron chi connectivity index (χ3n) is 1.95. The molecule has 0 aliphatic rings. The van der Waals surface area contributed by atoms with Crippen LogP contribution in [0.25, 0.3) is 0 Å². The number of aryl methyl sites for hydroxylation is 1. The molecular weight excluding hydrogens is 162 g/mol. The van der Waals surface area contributed by atoms with E-state index in [1.807, 2.05) is 18.2 Å². The minimum Gasteiger partial charge on any atom is -0.493 e. The molecule has 0 radical (unpaired) electrons. The summed E-state index contributed by atoms with van der Waals surface area (Å²) in [4.78, 5) is 0. The van der Waals surface area contributed by atoms with Crippen LogP contribution in [-0.2, 0) is 0 Å². The maximum absolute atomic E-state index is 5.58. The Morgan fingerprint density at radius 3 is 2.69 bits per heavy atom. The molecule has 0 atom stereocenters. The smallest absolute Gasteiger partial charge is 0.122 e. The Kier molecular flexibility index (Phi) is 4.33. The van der Waals surface area contributed by atoms with Gasteiger partial charge in [0.2, 0.25) is 0 Å². The predicted molar refractivity (Wildman–Crippen MR) is 55.0 cm³/mol. The fraction of sp³-hybridized carbons (Fsp3) is 0.455. The summed E-state index contributed by atoms with van der Waals surface area (Å²) in [6.45, 7) is 3.57. The third kappa shape index (κ3) is 3.47. The molecular formula is C11H17NO. The third-order valence-corrected chi connectivity index (χ3v) is 1.95. The van der Waals surface area contributed by atoms with E-state index in [4.69, 9.17) is 10.5 Å². The van der Waals surface area contributed by atoms with Crippen molar-refractivity contribution in [3.63, 3.8) is 0 Å². The normalized spacial score (nSPS) is 10.0. The molecule has 0 saturated heterocycles. The maximum atomic E-state index is 5.58. The highest BCUT2D eigenvalue weighted by Gasteiger charge is 1.95. The summed E-state index contributed by atoms with van der Waals surface area (Å²) in [5.74, 6) is 0.986. The zero-order valence-corrected chi connectivity index (χ0v) is 8.12. The molecule has 0 aliphatic heterocycles. The maximum Gasteiger partial charge on any atom is 0.122 e. The second-order valence-corrected chi connectivity index (χ2v) is 3.11. The molecule has 0 heterocycles. The lowest BCUT2D eigenvalue weighted by molar-refractivity contribution is 0.306. The number of nitrogens with two attached hydrogens (primary N) is 1. The predicted octanol–water partition coefficient (Wildman–Crippen LogP) is 2.11. The van der Waals surface area contributed by atoms with E-state index in [1.165, 1.54) is 5.56 Å². The van der Waals surface area contributed by atoms with Crippen molar-refractivity contribution in [3.05, 3.63) is 29.8 Å². The SMILES string of the molecule is Cc1ccccc1OCCCCN. The van der Waals surface area contributed by atoms with Crippen molar-refractivity contribution in [1.29, 1.82) is 0 Å². The van der Waals surface area contributed by atoms with Crippen LogP contribution < -0.4 is 10.5 Å². The van der Waals surface area contributed by atoms with Gasteiger partial charge in [-0.1, -0.05) is 18.2 Å². The fourth-order valence-corrected chi connectivity index (χ4v) is 1.15. The van der Waals surface area contributed by atoms with Crippen LogP contribution >= 0.6 is 0 Å². The molecule has 2 N–H and O–H groups in total. The molecule has 1 rings (SSSR count). The zero-order chi connectivity index (χ0) is 9.52. The summed E-state index contributed by atoms with van der Waals surface area (Å²) in [7, 11) is 0. The minimum atomic E-state index is 0.747. The van der Waals surface area contributed by atoms with Crippen molar-refractivity contribution in [2.75, 3.05) is 13.2 Å². The van der Waals surface area contributed by atoms with Crippen LogP contribution in [0, 0.1) is 6.92 Å². The van der Waals surface area contributed by atoms with Gasteiger partial charge in [-0.2, -0.15) is 0 Å². The molecule has 1 aromatic carbocycles. The fourth-order valence-electron chi connectivity index (χ4n) is 1.15. The largest absolute Gasteiger partial charge is 0.493 e. The summed E-state index contributed by atoms with van der Waals surface area (Å²) in [5, 5.41) is 0. The van der Waals surface area contributed by atoms with Gasteiger partial charge in [0.05, 0.1) is 6.61 Å². The van der Waals surface area contributed by atoms with Gasteiger partial charge in [0.15, 0.2) is 0 Å². The lowest BCUT2D eigenvalue weighted by atomic mass is 10.2. The Morgan fingerprint density at radius 1 is 1.23 bits per heavy atom. The van der Waals surface area contributed by atoms with E-state index in [0.717, 1.165) is 31.7 Å². The molecule has 0 amide bonds. The molecule has 0 bridgehead atoms. The van der Waals surface area contributed by atoms with Crippen LogP contribution in [0.2, 0.25) is 0 Å². The lowest BCUT2D eigenvalue weighted by Crippen LogP contribution is -2.03. The number of benzene rings is 1. The zero-order valence-electron chi connectivity index (χ0n) is 8.12. The lowest BCUT2D eigenvalue weighted by Gasteiger charge is -2.07. The van der Waals surface area contributed by atoms with Crippen molar-refractivity contribution >= 4 is 0 Å². The van der Waals surface area contributed by atoms with Crippen molar-refractivity contribution in [2.24, 2.45) is 5.73 Å². The highest BCUT2D eigenvalue weighted by molar-refractivity contribution is 5.31. The molecule has 0 aliphatic carbocycles. The van der Waals surface area contributed by atoms with E-state index in [2.05, 4.69) is 13.0 Å². The second kappa shape index (κ2) is 5.60. The Labute approximate surface area is 79.7 Å². The summed E-state index contributed by atoms with van der Waals surface area (Å²) >= 11 is 0. The molecule has 13 heavy (non-hydrogen) atoms. The van der Waals surface area contributed by atoms with E-state index in [1.54, 1.807) is 0 Å². The van der Waals surface area contributed by atoms with Gasteiger partial charge in [-0.3, -0.25) is 0 Å². The second-order valence-electron chi connectivity index (χ2n) is 3.11. The molecule has 1 aromatic rings. The molecule has 0 spiro atoms. The minimum absolute atomic E-state index is 0.747. The Morgan fingerprint density at radius 2 is 2.00 bits per heavy atom. The summed E-state index contributed by atoms with van der Waals surface area (Å²) in [5.41, 5.74) is 6.57. The van der Waals surface area contributed by atoms with Crippen LogP contribution in [0.5, 0.6) is 5.75 Å². The monoisotopic (exact) mass is 179 g/mol. The molecule has 0 unspecified atom stereocenters. The van der Waals surface area contributed by atoms with E-state index < -0.39 is 0 Å². The van der Waals surface area contributed by atoms with Crippen LogP contribution in [0.15, 0.2) is 24.3 Å². The van der Waals surface area contributed by atoms with Crippen molar-refractivity contribution in [2.45, 2.75) is 19.8 Å². The van der Waals surface area contributed by atoms with Gasteiger partial charge < -0.3 is 10.5 Å². The first kappa shape index (κ1) is 10.1. The van der Waals surface area contributed by atoms with Gasteiger partial charge in [-0.05, 0) is 37.9 Å². The topological polar surface area (TPSA) is 35.2 Å². The van der Waals surface area contributed by atoms with Crippen molar-refractivity contribution in [1.82, 2.24) is 0 Å². The molecule has 2 nitrogen and oxygen atoms in total. The average Bonchev–Trinajstić information content (AvgIpc) is 2.15. The van der Waals surface area contributed by atoms with Gasteiger partial charge in [0, 0.05) is 0 Å². The number of ether oxygens (including phenoxy) is 1. The number of hydrogen-bond donors (Lipinski definition) is 1. The molecule has 2 heteroatoms. The first-order valence-electron chi connectivity index (χ1n) is 4.73. The van der Waals surface area contributed by atoms with Gasteiger partial charge in [0.1, 0.15) is 5.75 Å². The number of unbranched alkanes of at least 4 members (excludes halogenated alkanes) is 1. The number of para-hydroxylation sites is 1. The van der Waals surface area contributed by atoms with Crippen LogP contribution in [0.4, 0.5) is 0 Å². The number of rotatable bonds is 5. The van der Waals surface area contributed by atoms with E-state index in [-0.39, 0.29) is 0 Å². The standard InChI is InChI=1S/C11H17NO/c1-10-6-2-3-7-11(10)13-9-5-4-8-12/h2-3,6-7H,4-5,8-9,12H2,1H3. The van der Waals surface area contributed by atoms with E-state index in [9.17, 15) is 0 Å². The van der Waals surface area contributed by atoms with E-state index >= 15 is 0 Å². The quantitative estimate of drug-likeness (QED) is 0.703. The van der Waals surface area contributed by atoms with Gasteiger partial charge in [-0.25, -0.2) is 0 Å². The molecule has 72 valence electrons. The first-order valence-corrected chi connectivity index (χ1v) is 4.73. The van der Waals surface area contributed by atoms with E-state index in [0.29, 0.717) is 0 Å². The Hall–Kier alpha value is -1.02. The average molecular weight is 179 g/mol. The van der Waals surface area contributed by atoms with Crippen LogP contribution in [0.3, 0.4) is 0 Å². The number of hydrogen-bond acceptors (Lipinski definition) is 2. The van der Waals surface area contributed by atoms with Crippen molar-refractivity contribution in [3.8, 4) is 5.75 Å². The van der Waals surface area contributed by atoms with Crippen molar-refractivity contribution < 1.29 is 4.74 Å². The van der Waals surface area contributed by atoms with Gasteiger partial charge in [0.25, 0.3) is 0 Å². The Balaban J connectivity index is 2.32. The van der Waals surface area contributed by atoms with Gasteiger partial charge in [-0.15, -0.1) is 0 Å². The summed E-state index contributed by atoms with van der Waals surface area (Å²) < 4.78 is 5.58. The van der Waals surface area contributed by atoms with Gasteiger partial charge >= 0.3 is 0 Å². The summed E-state index contributed by atoms with van der Waals surface area (Å²) in [6, 6.07) is 8.06. The Bertz CT molecular complexity index is 248. The van der Waals surface area contributed by atoms with Crippen LogP contribution in [-0.4, -0.2) is 13.2 Å². The molecule has 0 aromatic heterocycles.